The van der Waals surface area contributed by atoms with E-state index < -0.39 is 32.7 Å². The fraction of sp³-hybridized carbons (Fsp3) is 0.250. The van der Waals surface area contributed by atoms with E-state index in [-0.39, 0.29) is 11.4 Å². The Morgan fingerprint density at radius 1 is 0.889 bits per heavy atom. The standard InChI is InChI=1S/C8H6N4O6/c1-3-5(11(13)14)7(17-9-3)8-6(12(15)16)4(2)10-18-8/h1-2H3. The van der Waals surface area contributed by atoms with Crippen molar-refractivity contribution in [2.24, 2.45) is 0 Å². The van der Waals surface area contributed by atoms with Crippen molar-refractivity contribution in [1.82, 2.24) is 10.3 Å². The van der Waals surface area contributed by atoms with E-state index in [1.165, 1.54) is 13.8 Å². The summed E-state index contributed by atoms with van der Waals surface area (Å²) in [5.74, 6) is -0.824. The van der Waals surface area contributed by atoms with Gasteiger partial charge in [-0.1, -0.05) is 10.3 Å². The molecule has 0 saturated heterocycles. The molecule has 0 bridgehead atoms. The van der Waals surface area contributed by atoms with Crippen molar-refractivity contribution in [1.29, 1.82) is 0 Å². The highest BCUT2D eigenvalue weighted by atomic mass is 16.6. The summed E-state index contributed by atoms with van der Waals surface area (Å²) >= 11 is 0. The molecule has 0 radical (unpaired) electrons. The third-order valence-electron chi connectivity index (χ3n) is 2.23. The molecule has 0 aliphatic heterocycles. The van der Waals surface area contributed by atoms with Gasteiger partial charge in [-0.05, 0) is 13.8 Å². The van der Waals surface area contributed by atoms with Crippen LogP contribution in [0, 0.1) is 34.1 Å². The second kappa shape index (κ2) is 3.91. The summed E-state index contributed by atoms with van der Waals surface area (Å²) in [4.78, 5) is 20.2. The van der Waals surface area contributed by atoms with E-state index in [4.69, 9.17) is 9.05 Å². The third kappa shape index (κ3) is 1.59. The van der Waals surface area contributed by atoms with Gasteiger partial charge in [-0.15, -0.1) is 0 Å². The van der Waals surface area contributed by atoms with Crippen molar-refractivity contribution in [3.63, 3.8) is 0 Å². The predicted molar refractivity (Wildman–Crippen MR) is 54.8 cm³/mol. The minimum absolute atomic E-state index is 0.00153. The highest BCUT2D eigenvalue weighted by Gasteiger charge is 2.36. The van der Waals surface area contributed by atoms with Gasteiger partial charge >= 0.3 is 11.4 Å². The molecule has 18 heavy (non-hydrogen) atoms. The third-order valence-corrected chi connectivity index (χ3v) is 2.23. The monoisotopic (exact) mass is 254 g/mol. The number of hydrogen-bond acceptors (Lipinski definition) is 8. The van der Waals surface area contributed by atoms with Crippen LogP contribution in [-0.4, -0.2) is 20.2 Å². The molecule has 0 amide bonds. The van der Waals surface area contributed by atoms with Gasteiger partial charge in [-0.25, -0.2) is 0 Å². The Kier molecular flexibility index (Phi) is 2.54. The number of nitro groups is 2. The van der Waals surface area contributed by atoms with Gasteiger partial charge in [0, 0.05) is 0 Å². The molecular weight excluding hydrogens is 248 g/mol. The van der Waals surface area contributed by atoms with Crippen molar-refractivity contribution >= 4 is 11.4 Å². The molecule has 2 aromatic rings. The summed E-state index contributed by atoms with van der Waals surface area (Å²) in [5.41, 5.74) is -0.958. The van der Waals surface area contributed by atoms with Crippen molar-refractivity contribution in [2.45, 2.75) is 13.8 Å². The summed E-state index contributed by atoms with van der Waals surface area (Å²) in [6, 6.07) is 0. The summed E-state index contributed by atoms with van der Waals surface area (Å²) in [7, 11) is 0. The smallest absolute Gasteiger partial charge is 0.343 e. The molecule has 2 heterocycles. The summed E-state index contributed by atoms with van der Waals surface area (Å²) in [5, 5.41) is 28.5. The van der Waals surface area contributed by atoms with Crippen molar-refractivity contribution in [3.8, 4) is 11.5 Å². The molecule has 0 N–H and O–H groups in total. The van der Waals surface area contributed by atoms with Crippen LogP contribution in [0.3, 0.4) is 0 Å². The minimum Gasteiger partial charge on any atom is -0.345 e. The second-order valence-corrected chi connectivity index (χ2v) is 3.41. The number of rotatable bonds is 3. The van der Waals surface area contributed by atoms with Crippen LogP contribution in [0.15, 0.2) is 9.05 Å². The van der Waals surface area contributed by atoms with Crippen LogP contribution in [0.4, 0.5) is 11.4 Å². The number of aryl methyl sites for hydroxylation is 2. The lowest BCUT2D eigenvalue weighted by Gasteiger charge is -1.90. The Morgan fingerprint density at radius 2 is 1.22 bits per heavy atom. The van der Waals surface area contributed by atoms with E-state index in [1.54, 1.807) is 0 Å². The molecule has 0 aliphatic carbocycles. The Morgan fingerprint density at radius 3 is 1.50 bits per heavy atom. The quantitative estimate of drug-likeness (QED) is 0.596. The van der Waals surface area contributed by atoms with Gasteiger partial charge < -0.3 is 9.05 Å². The zero-order valence-corrected chi connectivity index (χ0v) is 9.24. The van der Waals surface area contributed by atoms with E-state index in [2.05, 4.69) is 10.3 Å². The largest absolute Gasteiger partial charge is 0.345 e. The van der Waals surface area contributed by atoms with Crippen LogP contribution >= 0.6 is 0 Å². The second-order valence-electron chi connectivity index (χ2n) is 3.41. The topological polar surface area (TPSA) is 138 Å². The van der Waals surface area contributed by atoms with Crippen LogP contribution in [0.1, 0.15) is 11.4 Å². The van der Waals surface area contributed by atoms with Gasteiger partial charge in [0.1, 0.15) is 0 Å². The number of hydrogen-bond donors (Lipinski definition) is 0. The number of nitrogens with zero attached hydrogens (tertiary/aromatic N) is 4. The van der Waals surface area contributed by atoms with Crippen LogP contribution in [0.25, 0.3) is 11.5 Å². The molecule has 0 atom stereocenters. The van der Waals surface area contributed by atoms with Gasteiger partial charge in [0.2, 0.25) is 0 Å². The summed E-state index contributed by atoms with van der Waals surface area (Å²) in [6.45, 7) is 2.69. The molecule has 0 spiro atoms. The molecule has 2 aromatic heterocycles. The van der Waals surface area contributed by atoms with Crippen molar-refractivity contribution in [3.05, 3.63) is 31.6 Å². The Balaban J connectivity index is 2.70. The lowest BCUT2D eigenvalue weighted by Crippen LogP contribution is -1.93. The molecule has 0 saturated carbocycles. The van der Waals surface area contributed by atoms with Crippen molar-refractivity contribution in [2.75, 3.05) is 0 Å². The van der Waals surface area contributed by atoms with Gasteiger partial charge in [-0.2, -0.15) is 0 Å². The molecule has 0 fully saturated rings. The van der Waals surface area contributed by atoms with E-state index in [1.807, 2.05) is 0 Å². The van der Waals surface area contributed by atoms with Gasteiger partial charge in [0.05, 0.1) is 9.85 Å². The average Bonchev–Trinajstić information content (AvgIpc) is 2.81. The lowest BCUT2D eigenvalue weighted by atomic mass is 10.2. The fourth-order valence-electron chi connectivity index (χ4n) is 1.46. The maximum Gasteiger partial charge on any atom is 0.343 e. The highest BCUT2D eigenvalue weighted by molar-refractivity contribution is 5.72. The zero-order chi connectivity index (χ0) is 13.4. The van der Waals surface area contributed by atoms with Crippen LogP contribution < -0.4 is 0 Å². The molecule has 0 unspecified atom stereocenters. The minimum atomic E-state index is -0.747. The van der Waals surface area contributed by atoms with E-state index in [0.717, 1.165) is 0 Å². The first kappa shape index (κ1) is 11.7. The van der Waals surface area contributed by atoms with Gasteiger partial charge in [-0.3, -0.25) is 20.2 Å². The van der Waals surface area contributed by atoms with Crippen LogP contribution in [0.2, 0.25) is 0 Å². The van der Waals surface area contributed by atoms with Gasteiger partial charge in [0.25, 0.3) is 11.5 Å². The summed E-state index contributed by atoms with van der Waals surface area (Å²) in [6.07, 6.45) is 0. The lowest BCUT2D eigenvalue weighted by molar-refractivity contribution is -0.387. The van der Waals surface area contributed by atoms with Gasteiger partial charge in [0.15, 0.2) is 11.4 Å². The first-order chi connectivity index (χ1) is 8.43. The first-order valence-electron chi connectivity index (χ1n) is 4.65. The van der Waals surface area contributed by atoms with Crippen LogP contribution in [0.5, 0.6) is 0 Å². The summed E-state index contributed by atoms with van der Waals surface area (Å²) < 4.78 is 9.43. The SMILES string of the molecule is Cc1noc(-c2onc(C)c2[N+](=O)[O-])c1[N+](=O)[O-]. The Bertz CT molecular complexity index is 586. The average molecular weight is 254 g/mol. The first-order valence-corrected chi connectivity index (χ1v) is 4.65. The zero-order valence-electron chi connectivity index (χ0n) is 9.24. The maximum absolute atomic E-state index is 10.8. The highest BCUT2D eigenvalue weighted by Crippen LogP contribution is 2.39. The van der Waals surface area contributed by atoms with E-state index >= 15 is 0 Å². The predicted octanol–water partition coefficient (Wildman–Crippen LogP) is 1.76. The molecule has 0 aliphatic rings. The number of aromatic nitrogens is 2. The molecular formula is C8H6N4O6. The molecule has 2 rings (SSSR count). The van der Waals surface area contributed by atoms with Crippen LogP contribution in [-0.2, 0) is 0 Å². The molecule has 94 valence electrons. The fourth-order valence-corrected chi connectivity index (χ4v) is 1.46. The maximum atomic E-state index is 10.8. The molecule has 10 nitrogen and oxygen atoms in total. The molecule has 10 heteroatoms. The van der Waals surface area contributed by atoms with E-state index in [0.29, 0.717) is 0 Å². The Hall–Kier alpha value is -2.78. The Labute approximate surface area is 98.5 Å². The molecule has 0 aromatic carbocycles. The normalized spacial score (nSPS) is 10.6. The van der Waals surface area contributed by atoms with E-state index in [9.17, 15) is 20.2 Å². The van der Waals surface area contributed by atoms with Crippen molar-refractivity contribution < 1.29 is 18.9 Å².